The third kappa shape index (κ3) is 10.3. The van der Waals surface area contributed by atoms with Crippen LogP contribution in [0, 0.1) is 22.7 Å². The van der Waals surface area contributed by atoms with Crippen molar-refractivity contribution < 1.29 is 19.1 Å². The lowest BCUT2D eigenvalue weighted by Crippen LogP contribution is -2.39. The summed E-state index contributed by atoms with van der Waals surface area (Å²) in [4.78, 5) is 25.8. The molecule has 3 atom stereocenters. The first-order valence-corrected chi connectivity index (χ1v) is 12.4. The van der Waals surface area contributed by atoms with Gasteiger partial charge < -0.3 is 9.47 Å². The summed E-state index contributed by atoms with van der Waals surface area (Å²) in [5.74, 6) is 0.443. The van der Waals surface area contributed by atoms with Crippen LogP contribution in [0.15, 0.2) is 0 Å². The molecular formula is C26H50O4. The van der Waals surface area contributed by atoms with Crippen LogP contribution in [-0.4, -0.2) is 25.2 Å². The van der Waals surface area contributed by atoms with Crippen LogP contribution in [0.4, 0.5) is 0 Å². The Morgan fingerprint density at radius 3 is 1.53 bits per heavy atom. The van der Waals surface area contributed by atoms with Gasteiger partial charge in [0.1, 0.15) is 0 Å². The van der Waals surface area contributed by atoms with E-state index in [-0.39, 0.29) is 11.9 Å². The van der Waals surface area contributed by atoms with Crippen LogP contribution in [0.25, 0.3) is 0 Å². The molecule has 0 amide bonds. The first-order valence-electron chi connectivity index (χ1n) is 12.4. The number of carbonyl (C=O) groups excluding carboxylic acids is 2. The van der Waals surface area contributed by atoms with Gasteiger partial charge in [0, 0.05) is 0 Å². The summed E-state index contributed by atoms with van der Waals surface area (Å²) in [6, 6.07) is 0. The van der Waals surface area contributed by atoms with E-state index in [0.717, 1.165) is 51.4 Å². The smallest absolute Gasteiger partial charge is 0.311 e. The maximum atomic E-state index is 12.9. The Labute approximate surface area is 186 Å². The van der Waals surface area contributed by atoms with E-state index in [4.69, 9.17) is 9.47 Å². The molecule has 0 aliphatic carbocycles. The van der Waals surface area contributed by atoms with E-state index >= 15 is 0 Å². The molecule has 0 spiro atoms. The van der Waals surface area contributed by atoms with Crippen molar-refractivity contribution in [3.63, 3.8) is 0 Å². The molecule has 30 heavy (non-hydrogen) atoms. The summed E-state index contributed by atoms with van der Waals surface area (Å²) in [6.45, 7) is 17.3. The molecular weight excluding hydrogens is 376 g/mol. The Kier molecular flexibility index (Phi) is 14.3. The fourth-order valence-corrected chi connectivity index (χ4v) is 3.94. The molecule has 0 aromatic rings. The molecule has 0 N–H and O–H groups in total. The summed E-state index contributed by atoms with van der Waals surface area (Å²) >= 11 is 0. The number of esters is 2. The van der Waals surface area contributed by atoms with E-state index in [0.29, 0.717) is 37.9 Å². The molecule has 0 aliphatic rings. The molecule has 0 bridgehead atoms. The standard InChI is InChI=1S/C26H50O4/c1-9-14-16-21(11-3)18-29-23(27)25(6,7)20-26(8,13-5)24(28)30-19-22(12-4)17-15-10-2/h21-22H,9-20H2,1-8H3. The highest BCUT2D eigenvalue weighted by Crippen LogP contribution is 2.39. The maximum Gasteiger partial charge on any atom is 0.311 e. The van der Waals surface area contributed by atoms with E-state index in [1.165, 1.54) is 0 Å². The third-order valence-corrected chi connectivity index (χ3v) is 6.64. The highest BCUT2D eigenvalue weighted by Gasteiger charge is 2.43. The third-order valence-electron chi connectivity index (χ3n) is 6.64. The van der Waals surface area contributed by atoms with E-state index in [1.807, 2.05) is 27.7 Å². The van der Waals surface area contributed by atoms with Gasteiger partial charge in [-0.15, -0.1) is 0 Å². The van der Waals surface area contributed by atoms with Crippen molar-refractivity contribution in [3.05, 3.63) is 0 Å². The van der Waals surface area contributed by atoms with Gasteiger partial charge in [0.05, 0.1) is 24.0 Å². The quantitative estimate of drug-likeness (QED) is 0.228. The number of rotatable bonds is 17. The van der Waals surface area contributed by atoms with Crippen molar-refractivity contribution in [2.24, 2.45) is 22.7 Å². The van der Waals surface area contributed by atoms with Crippen LogP contribution in [0.3, 0.4) is 0 Å². The number of hydrogen-bond donors (Lipinski definition) is 0. The molecule has 3 unspecified atom stereocenters. The van der Waals surface area contributed by atoms with Crippen LogP contribution in [0.2, 0.25) is 0 Å². The molecule has 0 aromatic carbocycles. The largest absolute Gasteiger partial charge is 0.465 e. The second kappa shape index (κ2) is 14.9. The highest BCUT2D eigenvalue weighted by molar-refractivity contribution is 5.80. The van der Waals surface area contributed by atoms with Gasteiger partial charge in [-0.1, -0.05) is 73.1 Å². The molecule has 0 fully saturated rings. The average molecular weight is 427 g/mol. The minimum absolute atomic E-state index is 0.185. The summed E-state index contributed by atoms with van der Waals surface area (Å²) < 4.78 is 11.4. The summed E-state index contributed by atoms with van der Waals surface area (Å²) in [5, 5.41) is 0. The van der Waals surface area contributed by atoms with Crippen molar-refractivity contribution in [1.82, 2.24) is 0 Å². The molecule has 4 nitrogen and oxygen atoms in total. The maximum absolute atomic E-state index is 12.9. The van der Waals surface area contributed by atoms with Crippen molar-refractivity contribution >= 4 is 11.9 Å². The van der Waals surface area contributed by atoms with Crippen LogP contribution >= 0.6 is 0 Å². The fourth-order valence-electron chi connectivity index (χ4n) is 3.94. The van der Waals surface area contributed by atoms with Crippen molar-refractivity contribution in [2.75, 3.05) is 13.2 Å². The Balaban J connectivity index is 4.89. The number of ether oxygens (including phenoxy) is 2. The number of carbonyl (C=O) groups is 2. The van der Waals surface area contributed by atoms with E-state index in [9.17, 15) is 9.59 Å². The summed E-state index contributed by atoms with van der Waals surface area (Å²) in [5.41, 5.74) is -1.41. The second-order valence-corrected chi connectivity index (χ2v) is 10.0. The van der Waals surface area contributed by atoms with E-state index < -0.39 is 10.8 Å². The lowest BCUT2D eigenvalue weighted by molar-refractivity contribution is -0.164. The molecule has 0 rings (SSSR count). The van der Waals surface area contributed by atoms with Crippen LogP contribution in [0.1, 0.15) is 120 Å². The first-order chi connectivity index (χ1) is 14.1. The number of hydrogen-bond acceptors (Lipinski definition) is 4. The average Bonchev–Trinajstić information content (AvgIpc) is 2.73. The predicted molar refractivity (Wildman–Crippen MR) is 125 cm³/mol. The lowest BCUT2D eigenvalue weighted by atomic mass is 9.72. The summed E-state index contributed by atoms with van der Waals surface area (Å²) in [7, 11) is 0. The van der Waals surface area contributed by atoms with Crippen LogP contribution in [0.5, 0.6) is 0 Å². The van der Waals surface area contributed by atoms with E-state index in [2.05, 4.69) is 27.7 Å². The topological polar surface area (TPSA) is 52.6 Å². The monoisotopic (exact) mass is 426 g/mol. The second-order valence-electron chi connectivity index (χ2n) is 10.0. The van der Waals surface area contributed by atoms with Gasteiger partial charge in [0.2, 0.25) is 0 Å². The number of unbranched alkanes of at least 4 members (excludes halogenated alkanes) is 2. The molecule has 0 aliphatic heterocycles. The minimum atomic E-state index is -0.723. The van der Waals surface area contributed by atoms with Gasteiger partial charge in [-0.3, -0.25) is 9.59 Å². The van der Waals surface area contributed by atoms with Gasteiger partial charge in [-0.05, 0) is 58.3 Å². The van der Waals surface area contributed by atoms with Crippen molar-refractivity contribution in [2.45, 2.75) is 120 Å². The molecule has 0 saturated heterocycles. The molecule has 0 aromatic heterocycles. The van der Waals surface area contributed by atoms with Crippen molar-refractivity contribution in [3.8, 4) is 0 Å². The molecule has 178 valence electrons. The predicted octanol–water partition coefficient (Wildman–Crippen LogP) is 7.34. The zero-order chi connectivity index (χ0) is 23.2. The van der Waals surface area contributed by atoms with Gasteiger partial charge >= 0.3 is 11.9 Å². The lowest BCUT2D eigenvalue weighted by Gasteiger charge is -2.34. The van der Waals surface area contributed by atoms with E-state index in [1.54, 1.807) is 0 Å². The molecule has 4 heteroatoms. The molecule has 0 radical (unpaired) electrons. The molecule has 0 saturated carbocycles. The normalized spacial score (nSPS) is 15.9. The minimum Gasteiger partial charge on any atom is -0.465 e. The zero-order valence-corrected chi connectivity index (χ0v) is 21.3. The Bertz CT molecular complexity index is 485. The van der Waals surface area contributed by atoms with Gasteiger partial charge in [0.25, 0.3) is 0 Å². The van der Waals surface area contributed by atoms with Crippen LogP contribution < -0.4 is 0 Å². The SMILES string of the molecule is CCCCC(CC)COC(=O)C(C)(C)CC(C)(CC)C(=O)OCC(CC)CCCC. The van der Waals surface area contributed by atoms with Gasteiger partial charge in [-0.2, -0.15) is 0 Å². The van der Waals surface area contributed by atoms with Crippen LogP contribution in [-0.2, 0) is 19.1 Å². The first kappa shape index (κ1) is 28.9. The zero-order valence-electron chi connectivity index (χ0n) is 21.3. The van der Waals surface area contributed by atoms with Gasteiger partial charge in [0.15, 0.2) is 0 Å². The summed E-state index contributed by atoms with van der Waals surface area (Å²) in [6.07, 6.45) is 9.94. The molecule has 0 heterocycles. The van der Waals surface area contributed by atoms with Gasteiger partial charge in [-0.25, -0.2) is 0 Å². The van der Waals surface area contributed by atoms with Crippen molar-refractivity contribution in [1.29, 1.82) is 0 Å². The fraction of sp³-hybridized carbons (Fsp3) is 0.923. The Morgan fingerprint density at radius 1 is 0.733 bits per heavy atom. The highest BCUT2D eigenvalue weighted by atomic mass is 16.5. The Hall–Kier alpha value is -1.06. The Morgan fingerprint density at radius 2 is 1.17 bits per heavy atom.